The molecule has 0 radical (unpaired) electrons. The predicted octanol–water partition coefficient (Wildman–Crippen LogP) is 3.59. The number of aromatic nitrogens is 2. The van der Waals surface area contributed by atoms with Crippen LogP contribution in [-0.4, -0.2) is 41.7 Å². The Bertz CT molecular complexity index is 984. The van der Waals surface area contributed by atoms with Crippen molar-refractivity contribution in [3.8, 4) is 11.4 Å². The number of benzene rings is 2. The third kappa shape index (κ3) is 4.26. The minimum absolute atomic E-state index is 0.0464. The molecule has 1 aliphatic heterocycles. The average Bonchev–Trinajstić information content (AvgIpc) is 3.28. The third-order valence-corrected chi connectivity index (χ3v) is 5.35. The topological polar surface area (TPSA) is 59.4 Å². The fourth-order valence-electron chi connectivity index (χ4n) is 3.86. The smallest absolute Gasteiger partial charge is 0.253 e. The van der Waals surface area contributed by atoms with Gasteiger partial charge in [-0.05, 0) is 44.0 Å². The standard InChI is InChI=1S/C23H26N4O2/c1-17-8-9-22(27-12-10-24-16-27)21(13-17)23(28)25-18-5-4-11-26(15-18)19-6-3-7-20(14-19)29-2/h3,6-10,12-14,16,18H,4-5,11,15H2,1-2H3,(H,25,28)/t18-/m0/s1. The van der Waals surface area contributed by atoms with Crippen molar-refractivity contribution in [3.05, 3.63) is 72.3 Å². The zero-order chi connectivity index (χ0) is 20.2. The predicted molar refractivity (Wildman–Crippen MR) is 114 cm³/mol. The lowest BCUT2D eigenvalue weighted by Gasteiger charge is -2.35. The van der Waals surface area contributed by atoms with Crippen molar-refractivity contribution in [1.82, 2.24) is 14.9 Å². The molecule has 0 unspecified atom stereocenters. The number of imidazole rings is 1. The van der Waals surface area contributed by atoms with Gasteiger partial charge in [0.25, 0.3) is 5.91 Å². The summed E-state index contributed by atoms with van der Waals surface area (Å²) in [7, 11) is 1.68. The molecule has 0 bridgehead atoms. The molecule has 1 saturated heterocycles. The Morgan fingerprint density at radius 1 is 1.24 bits per heavy atom. The van der Waals surface area contributed by atoms with Crippen LogP contribution in [0, 0.1) is 6.92 Å². The number of hydrogen-bond donors (Lipinski definition) is 1. The van der Waals surface area contributed by atoms with Gasteiger partial charge in [0, 0.05) is 43.3 Å². The van der Waals surface area contributed by atoms with Crippen LogP contribution in [0.25, 0.3) is 5.69 Å². The molecule has 1 aromatic heterocycles. The summed E-state index contributed by atoms with van der Waals surface area (Å²) in [6.45, 7) is 3.76. The molecule has 6 nitrogen and oxygen atoms in total. The SMILES string of the molecule is COc1cccc(N2CCC[C@H](NC(=O)c3cc(C)ccc3-n3ccnc3)C2)c1. The normalized spacial score (nSPS) is 16.5. The van der Waals surface area contributed by atoms with Gasteiger partial charge in [0.05, 0.1) is 24.7 Å². The molecule has 6 heteroatoms. The summed E-state index contributed by atoms with van der Waals surface area (Å²) in [5, 5.41) is 3.25. The quantitative estimate of drug-likeness (QED) is 0.723. The van der Waals surface area contributed by atoms with Crippen molar-refractivity contribution in [2.75, 3.05) is 25.1 Å². The molecule has 1 aliphatic rings. The van der Waals surface area contributed by atoms with Crippen LogP contribution in [0.4, 0.5) is 5.69 Å². The van der Waals surface area contributed by atoms with Crippen LogP contribution in [0.15, 0.2) is 61.2 Å². The number of hydrogen-bond acceptors (Lipinski definition) is 4. The number of piperidine rings is 1. The summed E-state index contributed by atoms with van der Waals surface area (Å²) in [5.74, 6) is 0.799. The molecule has 1 fully saturated rings. The van der Waals surface area contributed by atoms with Crippen molar-refractivity contribution in [2.45, 2.75) is 25.8 Å². The highest BCUT2D eigenvalue weighted by atomic mass is 16.5. The van der Waals surface area contributed by atoms with Crippen molar-refractivity contribution >= 4 is 11.6 Å². The number of aryl methyl sites for hydroxylation is 1. The fraction of sp³-hybridized carbons (Fsp3) is 0.304. The maximum absolute atomic E-state index is 13.1. The Kier molecular flexibility index (Phi) is 5.51. The molecular weight excluding hydrogens is 364 g/mol. The van der Waals surface area contributed by atoms with Gasteiger partial charge in [0.15, 0.2) is 0 Å². The number of ether oxygens (including phenoxy) is 1. The van der Waals surface area contributed by atoms with Crippen LogP contribution >= 0.6 is 0 Å². The van der Waals surface area contributed by atoms with Gasteiger partial charge in [-0.3, -0.25) is 4.79 Å². The van der Waals surface area contributed by atoms with Crippen LogP contribution in [0.1, 0.15) is 28.8 Å². The number of nitrogens with zero attached hydrogens (tertiary/aromatic N) is 3. The van der Waals surface area contributed by atoms with E-state index < -0.39 is 0 Å². The van der Waals surface area contributed by atoms with E-state index in [0.717, 1.165) is 48.6 Å². The van der Waals surface area contributed by atoms with E-state index in [-0.39, 0.29) is 11.9 Å². The Morgan fingerprint density at radius 3 is 2.93 bits per heavy atom. The minimum Gasteiger partial charge on any atom is -0.497 e. The number of rotatable bonds is 5. The molecule has 1 atom stereocenters. The summed E-state index contributed by atoms with van der Waals surface area (Å²) >= 11 is 0. The summed E-state index contributed by atoms with van der Waals surface area (Å²) in [6, 6.07) is 14.1. The highest BCUT2D eigenvalue weighted by Crippen LogP contribution is 2.25. The van der Waals surface area contributed by atoms with E-state index in [1.54, 1.807) is 19.6 Å². The highest BCUT2D eigenvalue weighted by molar-refractivity contribution is 5.98. The second-order valence-corrected chi connectivity index (χ2v) is 7.45. The maximum Gasteiger partial charge on any atom is 0.253 e. The molecule has 150 valence electrons. The monoisotopic (exact) mass is 390 g/mol. The molecule has 0 spiro atoms. The summed E-state index contributed by atoms with van der Waals surface area (Å²) in [4.78, 5) is 19.6. The van der Waals surface area contributed by atoms with Crippen LogP contribution in [0.3, 0.4) is 0 Å². The molecule has 0 saturated carbocycles. The van der Waals surface area contributed by atoms with Crippen LogP contribution < -0.4 is 15.0 Å². The van der Waals surface area contributed by atoms with E-state index in [9.17, 15) is 4.79 Å². The summed E-state index contributed by atoms with van der Waals surface area (Å²) < 4.78 is 7.22. The lowest BCUT2D eigenvalue weighted by molar-refractivity contribution is 0.0933. The van der Waals surface area contributed by atoms with E-state index in [1.165, 1.54) is 0 Å². The molecule has 0 aliphatic carbocycles. The van der Waals surface area contributed by atoms with Crippen molar-refractivity contribution < 1.29 is 9.53 Å². The van der Waals surface area contributed by atoms with Crippen molar-refractivity contribution in [2.24, 2.45) is 0 Å². The zero-order valence-corrected chi connectivity index (χ0v) is 16.8. The fourth-order valence-corrected chi connectivity index (χ4v) is 3.86. The van der Waals surface area contributed by atoms with Gasteiger partial charge in [-0.25, -0.2) is 4.98 Å². The molecule has 29 heavy (non-hydrogen) atoms. The van der Waals surface area contributed by atoms with Crippen LogP contribution in [0.2, 0.25) is 0 Å². The molecule has 3 aromatic rings. The number of carbonyl (C=O) groups is 1. The van der Waals surface area contributed by atoms with Gasteiger partial charge in [-0.2, -0.15) is 0 Å². The van der Waals surface area contributed by atoms with Gasteiger partial charge < -0.3 is 19.5 Å². The molecule has 1 amide bonds. The van der Waals surface area contributed by atoms with Crippen LogP contribution in [0.5, 0.6) is 5.75 Å². The third-order valence-electron chi connectivity index (χ3n) is 5.35. The largest absolute Gasteiger partial charge is 0.497 e. The van der Waals surface area contributed by atoms with Gasteiger partial charge >= 0.3 is 0 Å². The first-order chi connectivity index (χ1) is 14.1. The van der Waals surface area contributed by atoms with E-state index >= 15 is 0 Å². The number of methoxy groups -OCH3 is 1. The zero-order valence-electron chi connectivity index (χ0n) is 16.8. The number of carbonyl (C=O) groups excluding carboxylic acids is 1. The minimum atomic E-state index is -0.0464. The Morgan fingerprint density at radius 2 is 2.14 bits per heavy atom. The molecular formula is C23H26N4O2. The van der Waals surface area contributed by atoms with Gasteiger partial charge in [0.2, 0.25) is 0 Å². The molecule has 1 N–H and O–H groups in total. The molecule has 2 aromatic carbocycles. The average molecular weight is 390 g/mol. The van der Waals surface area contributed by atoms with Gasteiger partial charge in [-0.15, -0.1) is 0 Å². The first-order valence-corrected chi connectivity index (χ1v) is 9.93. The maximum atomic E-state index is 13.1. The van der Waals surface area contributed by atoms with E-state index in [0.29, 0.717) is 5.56 Å². The first kappa shape index (κ1) is 19.1. The second kappa shape index (κ2) is 8.39. The Labute approximate surface area is 171 Å². The number of nitrogens with one attached hydrogen (secondary N) is 1. The molecule has 4 rings (SSSR count). The Hall–Kier alpha value is -3.28. The molecule has 2 heterocycles. The Balaban J connectivity index is 1.51. The van der Waals surface area contributed by atoms with Crippen LogP contribution in [-0.2, 0) is 0 Å². The lowest BCUT2D eigenvalue weighted by Crippen LogP contribution is -2.48. The second-order valence-electron chi connectivity index (χ2n) is 7.45. The van der Waals surface area contributed by atoms with Gasteiger partial charge in [-0.1, -0.05) is 17.7 Å². The number of amides is 1. The summed E-state index contributed by atoms with van der Waals surface area (Å²) in [6.07, 6.45) is 7.29. The van der Waals surface area contributed by atoms with E-state index in [1.807, 2.05) is 54.1 Å². The van der Waals surface area contributed by atoms with Crippen molar-refractivity contribution in [1.29, 1.82) is 0 Å². The van der Waals surface area contributed by atoms with E-state index in [4.69, 9.17) is 4.74 Å². The van der Waals surface area contributed by atoms with Gasteiger partial charge in [0.1, 0.15) is 5.75 Å². The lowest BCUT2D eigenvalue weighted by atomic mass is 10.0. The summed E-state index contributed by atoms with van der Waals surface area (Å²) in [5.41, 5.74) is 3.69. The number of anilines is 1. The van der Waals surface area contributed by atoms with Crippen molar-refractivity contribution in [3.63, 3.8) is 0 Å². The van der Waals surface area contributed by atoms with E-state index in [2.05, 4.69) is 21.3 Å². The highest BCUT2D eigenvalue weighted by Gasteiger charge is 2.23. The first-order valence-electron chi connectivity index (χ1n) is 9.93.